The van der Waals surface area contributed by atoms with Crippen molar-refractivity contribution in [2.24, 2.45) is 0 Å². The lowest BCUT2D eigenvalue weighted by molar-refractivity contribution is 0.0950. The molecule has 0 atom stereocenters. The van der Waals surface area contributed by atoms with E-state index in [1.54, 1.807) is 13.2 Å². The number of likely N-dealkylation sites (tertiary alicyclic amines) is 1. The third kappa shape index (κ3) is 6.89. The Bertz CT molecular complexity index is 1320. The average molecular weight is 572 g/mol. The molecule has 1 aromatic heterocycles. The lowest BCUT2D eigenvalue weighted by atomic mass is 10.0. The Morgan fingerprint density at radius 1 is 1.00 bits per heavy atom. The largest absolute Gasteiger partial charge is 0.497 e. The van der Waals surface area contributed by atoms with Crippen LogP contribution in [0.2, 0.25) is 5.02 Å². The van der Waals surface area contributed by atoms with Gasteiger partial charge in [-0.25, -0.2) is 13.8 Å². The van der Waals surface area contributed by atoms with E-state index in [-0.39, 0.29) is 13.9 Å². The number of piperazine rings is 1. The van der Waals surface area contributed by atoms with Crippen LogP contribution in [0.3, 0.4) is 0 Å². The highest BCUT2D eigenvalue weighted by Gasteiger charge is 2.28. The van der Waals surface area contributed by atoms with Crippen LogP contribution in [0.1, 0.15) is 35.8 Å². The molecule has 5 rings (SSSR count). The minimum absolute atomic E-state index is 0. The highest BCUT2D eigenvalue weighted by atomic mass is 35.5. The molecule has 0 unspecified atom stereocenters. The first-order chi connectivity index (χ1) is 19.4. The second kappa shape index (κ2) is 12.9. The number of anilines is 1. The Labute approximate surface area is 240 Å². The van der Waals surface area contributed by atoms with Gasteiger partial charge < -0.3 is 15.0 Å². The number of rotatable bonds is 8. The summed E-state index contributed by atoms with van der Waals surface area (Å²) in [6.45, 7) is 6.73. The van der Waals surface area contributed by atoms with Crippen LogP contribution >= 0.6 is 11.6 Å². The van der Waals surface area contributed by atoms with E-state index in [4.69, 9.17) is 16.3 Å². The number of nitrogens with zero attached hydrogens (tertiary/aromatic N) is 4. The summed E-state index contributed by atoms with van der Waals surface area (Å²) in [5.41, 5.74) is 2.09. The van der Waals surface area contributed by atoms with Crippen LogP contribution in [0.25, 0.3) is 0 Å². The normalized spacial score (nSPS) is 17.1. The Hall–Kier alpha value is -3.27. The maximum Gasteiger partial charge on any atom is 0.253 e. The number of benzene rings is 2. The van der Waals surface area contributed by atoms with Gasteiger partial charge in [-0.15, -0.1) is 0 Å². The van der Waals surface area contributed by atoms with Gasteiger partial charge in [0.1, 0.15) is 11.6 Å². The van der Waals surface area contributed by atoms with Crippen molar-refractivity contribution in [1.29, 1.82) is 0 Å². The molecule has 214 valence electrons. The van der Waals surface area contributed by atoms with Gasteiger partial charge in [0, 0.05) is 52.9 Å². The Kier molecular flexibility index (Phi) is 9.14. The first kappa shape index (κ1) is 28.3. The van der Waals surface area contributed by atoms with Crippen LogP contribution in [-0.4, -0.2) is 73.1 Å². The number of aromatic nitrogens is 1. The second-order valence-corrected chi connectivity index (χ2v) is 10.7. The molecular formula is C30H36ClF2N5O2. The van der Waals surface area contributed by atoms with Crippen molar-refractivity contribution < 1.29 is 19.7 Å². The quantitative estimate of drug-likeness (QED) is 0.411. The molecule has 0 bridgehead atoms. The van der Waals surface area contributed by atoms with Crippen LogP contribution < -0.4 is 15.0 Å². The van der Waals surface area contributed by atoms with E-state index in [2.05, 4.69) is 37.1 Å². The van der Waals surface area contributed by atoms with Crippen molar-refractivity contribution in [3.8, 4) is 5.75 Å². The number of piperidine rings is 1. The summed E-state index contributed by atoms with van der Waals surface area (Å²) in [5, 5.41) is 3.11. The van der Waals surface area contributed by atoms with E-state index in [0.717, 1.165) is 76.5 Å². The van der Waals surface area contributed by atoms with Crippen molar-refractivity contribution in [2.45, 2.75) is 32.0 Å². The topological polar surface area (TPSA) is 60.9 Å². The lowest BCUT2D eigenvalue weighted by Crippen LogP contribution is -2.53. The molecule has 2 fully saturated rings. The molecule has 3 heterocycles. The van der Waals surface area contributed by atoms with Crippen LogP contribution in [-0.2, 0) is 13.1 Å². The van der Waals surface area contributed by atoms with Crippen molar-refractivity contribution in [1.82, 2.24) is 20.1 Å². The number of nitrogens with one attached hydrogen (secondary N) is 1. The first-order valence-corrected chi connectivity index (χ1v) is 14.0. The third-order valence-electron chi connectivity index (χ3n) is 7.77. The summed E-state index contributed by atoms with van der Waals surface area (Å²) in [6.07, 6.45) is 3.82. The molecule has 2 aliphatic rings. The average Bonchev–Trinajstić information content (AvgIpc) is 2.98. The minimum Gasteiger partial charge on any atom is -0.497 e. The molecule has 3 aromatic rings. The Morgan fingerprint density at radius 2 is 1.70 bits per heavy atom. The number of carbonyl (C=O) groups is 1. The number of halogens is 3. The van der Waals surface area contributed by atoms with Crippen molar-refractivity contribution >= 4 is 23.3 Å². The van der Waals surface area contributed by atoms with Crippen molar-refractivity contribution in [3.63, 3.8) is 0 Å². The van der Waals surface area contributed by atoms with Crippen LogP contribution in [0.15, 0.2) is 54.7 Å². The molecule has 2 aliphatic heterocycles. The highest BCUT2D eigenvalue weighted by Crippen LogP contribution is 2.27. The van der Waals surface area contributed by atoms with E-state index in [1.165, 1.54) is 17.8 Å². The SMILES string of the molecule is COc1ccc(CN2CCC(N3CCN(c4ncc(C(=O)NCc5ccc(F)c(F)c5)cc4Cl)CC3)CC2)cc1.[HH]. The van der Waals surface area contributed by atoms with Crippen LogP contribution in [0.4, 0.5) is 14.6 Å². The maximum absolute atomic E-state index is 13.4. The third-order valence-corrected chi connectivity index (χ3v) is 8.05. The number of ether oxygens (including phenoxy) is 1. The standard InChI is InChI=1S/C30H34ClF2N5O2.H2/c1-40-25-5-2-21(3-6-25)20-36-10-8-24(9-11-36)37-12-14-38(15-13-37)29-26(31)17-23(19-34-29)30(39)35-18-22-4-7-27(32)28(33)16-22;/h2-7,16-17,19,24H,8-15,18,20H2,1H3,(H,35,39);1H. The fourth-order valence-electron chi connectivity index (χ4n) is 5.45. The van der Waals surface area contributed by atoms with Crippen LogP contribution in [0, 0.1) is 11.6 Å². The fourth-order valence-corrected chi connectivity index (χ4v) is 5.74. The predicted molar refractivity (Wildman–Crippen MR) is 154 cm³/mol. The van der Waals surface area contributed by atoms with Gasteiger partial charge in [0.25, 0.3) is 5.91 Å². The van der Waals surface area contributed by atoms with E-state index in [1.807, 2.05) is 12.1 Å². The molecule has 1 N–H and O–H groups in total. The monoisotopic (exact) mass is 571 g/mol. The van der Waals surface area contributed by atoms with Gasteiger partial charge in [-0.2, -0.15) is 0 Å². The summed E-state index contributed by atoms with van der Waals surface area (Å²) >= 11 is 6.55. The zero-order valence-corrected chi connectivity index (χ0v) is 23.3. The number of carbonyl (C=O) groups excluding carboxylic acids is 1. The maximum atomic E-state index is 13.4. The molecule has 10 heteroatoms. The van der Waals surface area contributed by atoms with E-state index in [9.17, 15) is 13.6 Å². The molecule has 1 amide bonds. The summed E-state index contributed by atoms with van der Waals surface area (Å²) < 4.78 is 31.8. The number of pyridine rings is 1. The van der Waals surface area contributed by atoms with Crippen molar-refractivity contribution in [2.75, 3.05) is 51.3 Å². The summed E-state index contributed by atoms with van der Waals surface area (Å²) in [6, 6.07) is 14.0. The number of methoxy groups -OCH3 is 1. The van der Waals surface area contributed by atoms with Crippen LogP contribution in [0.5, 0.6) is 5.75 Å². The second-order valence-electron chi connectivity index (χ2n) is 10.3. The van der Waals surface area contributed by atoms with Gasteiger partial charge in [0.05, 0.1) is 17.7 Å². The highest BCUT2D eigenvalue weighted by molar-refractivity contribution is 6.33. The zero-order chi connectivity index (χ0) is 28.1. The fraction of sp³-hybridized carbons (Fsp3) is 0.400. The Balaban J connectivity index is 0.00000387. The number of amides is 1. The zero-order valence-electron chi connectivity index (χ0n) is 22.6. The first-order valence-electron chi connectivity index (χ1n) is 13.6. The van der Waals surface area contributed by atoms with E-state index in [0.29, 0.717) is 28.0 Å². The molecule has 2 aromatic carbocycles. The molecule has 0 aliphatic carbocycles. The summed E-state index contributed by atoms with van der Waals surface area (Å²) in [4.78, 5) is 24.3. The molecule has 0 radical (unpaired) electrons. The summed E-state index contributed by atoms with van der Waals surface area (Å²) in [5.74, 6) is -0.691. The lowest BCUT2D eigenvalue weighted by Gasteiger charge is -2.43. The minimum atomic E-state index is -0.948. The van der Waals surface area contributed by atoms with Gasteiger partial charge in [-0.1, -0.05) is 29.8 Å². The molecule has 2 saturated heterocycles. The molecule has 0 saturated carbocycles. The van der Waals surface area contributed by atoms with E-state index >= 15 is 0 Å². The van der Waals surface area contributed by atoms with Gasteiger partial charge >= 0.3 is 0 Å². The number of hydrogen-bond donors (Lipinski definition) is 1. The molecule has 40 heavy (non-hydrogen) atoms. The smallest absolute Gasteiger partial charge is 0.253 e. The van der Waals surface area contributed by atoms with Crippen molar-refractivity contribution in [3.05, 3.63) is 88.1 Å². The number of hydrogen-bond acceptors (Lipinski definition) is 6. The predicted octanol–water partition coefficient (Wildman–Crippen LogP) is 4.98. The summed E-state index contributed by atoms with van der Waals surface area (Å²) in [7, 11) is 1.69. The van der Waals surface area contributed by atoms with Gasteiger partial charge in [-0.3, -0.25) is 14.6 Å². The molecule has 0 spiro atoms. The van der Waals surface area contributed by atoms with Gasteiger partial charge in [0.15, 0.2) is 11.6 Å². The Morgan fingerprint density at radius 3 is 2.35 bits per heavy atom. The molecular weight excluding hydrogens is 536 g/mol. The van der Waals surface area contributed by atoms with Gasteiger partial charge in [0.2, 0.25) is 0 Å². The van der Waals surface area contributed by atoms with Gasteiger partial charge in [-0.05, 0) is 67.4 Å². The van der Waals surface area contributed by atoms with E-state index < -0.39 is 11.6 Å². The molecule has 7 nitrogen and oxygen atoms in total.